The van der Waals surface area contributed by atoms with Crippen molar-refractivity contribution in [2.24, 2.45) is 0 Å². The quantitative estimate of drug-likeness (QED) is 0.735. The Bertz CT molecular complexity index is 312. The van der Waals surface area contributed by atoms with Crippen LogP contribution >= 0.6 is 0 Å². The van der Waals surface area contributed by atoms with E-state index in [2.05, 4.69) is 10.1 Å². The Balaban J connectivity index is 2.61. The van der Waals surface area contributed by atoms with Crippen molar-refractivity contribution in [3.05, 3.63) is 24.3 Å². The fraction of sp³-hybridized carbons (Fsp3) is 0.300. The Kier molecular flexibility index (Phi) is 3.79. The van der Waals surface area contributed by atoms with Crippen molar-refractivity contribution in [3.8, 4) is 5.75 Å². The molecule has 0 aromatic heterocycles. The Morgan fingerprint density at radius 3 is 2.79 bits per heavy atom. The first-order valence-electron chi connectivity index (χ1n) is 4.24. The van der Waals surface area contributed by atoms with Crippen molar-refractivity contribution >= 4 is 11.7 Å². The van der Waals surface area contributed by atoms with E-state index >= 15 is 0 Å². The zero-order valence-corrected chi connectivity index (χ0v) is 8.24. The molecule has 0 radical (unpaired) electrons. The number of carbonyl (C=O) groups is 1. The molecule has 0 atom stereocenters. The molecule has 0 aliphatic rings. The highest BCUT2D eigenvalue weighted by Crippen LogP contribution is 2.22. The van der Waals surface area contributed by atoms with Crippen molar-refractivity contribution in [1.29, 1.82) is 0 Å². The van der Waals surface area contributed by atoms with Crippen LogP contribution in [0.15, 0.2) is 24.3 Å². The van der Waals surface area contributed by atoms with Crippen LogP contribution < -0.4 is 10.1 Å². The Hall–Kier alpha value is -1.71. The molecule has 14 heavy (non-hydrogen) atoms. The molecule has 0 saturated carbocycles. The van der Waals surface area contributed by atoms with E-state index in [0.717, 1.165) is 5.69 Å². The summed E-state index contributed by atoms with van der Waals surface area (Å²) in [6, 6.07) is 7.38. The summed E-state index contributed by atoms with van der Waals surface area (Å²) in [5, 5.41) is 2.96. The summed E-state index contributed by atoms with van der Waals surface area (Å²) in [5.74, 6) is 0.247. The molecule has 76 valence electrons. The van der Waals surface area contributed by atoms with Gasteiger partial charge in [0.2, 0.25) is 0 Å². The smallest absolute Gasteiger partial charge is 0.343 e. The third-order valence-corrected chi connectivity index (χ3v) is 1.73. The number of benzene rings is 1. The normalized spacial score (nSPS) is 9.29. The maximum absolute atomic E-state index is 10.8. The van der Waals surface area contributed by atoms with Gasteiger partial charge in [0.25, 0.3) is 0 Å². The maximum Gasteiger partial charge on any atom is 0.343 e. The van der Waals surface area contributed by atoms with E-state index in [1.54, 1.807) is 13.1 Å². The van der Waals surface area contributed by atoms with Gasteiger partial charge >= 0.3 is 5.97 Å². The predicted octanol–water partition coefficient (Wildman–Crippen LogP) is 1.28. The van der Waals surface area contributed by atoms with E-state index in [0.29, 0.717) is 5.75 Å². The fourth-order valence-corrected chi connectivity index (χ4v) is 0.995. The molecule has 0 bridgehead atoms. The van der Waals surface area contributed by atoms with E-state index in [-0.39, 0.29) is 6.61 Å². The van der Waals surface area contributed by atoms with Crippen molar-refractivity contribution in [2.45, 2.75) is 0 Å². The second kappa shape index (κ2) is 5.11. The van der Waals surface area contributed by atoms with E-state index in [1.165, 1.54) is 7.11 Å². The van der Waals surface area contributed by atoms with Crippen LogP contribution in [0.3, 0.4) is 0 Å². The molecule has 0 amide bonds. The number of carbonyl (C=O) groups excluding carboxylic acids is 1. The van der Waals surface area contributed by atoms with Crippen molar-refractivity contribution in [1.82, 2.24) is 0 Å². The van der Waals surface area contributed by atoms with Gasteiger partial charge in [-0.2, -0.15) is 0 Å². The number of nitrogens with one attached hydrogen (secondary N) is 1. The number of hydrogen-bond donors (Lipinski definition) is 1. The Morgan fingerprint density at radius 2 is 2.14 bits per heavy atom. The largest absolute Gasteiger partial charge is 0.480 e. The maximum atomic E-state index is 10.8. The van der Waals surface area contributed by atoms with Crippen LogP contribution in [-0.2, 0) is 9.53 Å². The molecular weight excluding hydrogens is 182 g/mol. The molecule has 0 aliphatic carbocycles. The number of rotatable bonds is 4. The van der Waals surface area contributed by atoms with Gasteiger partial charge in [-0.1, -0.05) is 12.1 Å². The molecular formula is C10H13NO3. The van der Waals surface area contributed by atoms with Crippen LogP contribution in [0.25, 0.3) is 0 Å². The Labute approximate surface area is 82.8 Å². The molecule has 0 aliphatic heterocycles. The highest BCUT2D eigenvalue weighted by atomic mass is 16.6. The molecule has 1 aromatic carbocycles. The molecule has 0 heterocycles. The summed E-state index contributed by atoms with van der Waals surface area (Å²) < 4.78 is 9.70. The highest BCUT2D eigenvalue weighted by Gasteiger charge is 2.04. The van der Waals surface area contributed by atoms with Crippen LogP contribution in [-0.4, -0.2) is 26.7 Å². The van der Waals surface area contributed by atoms with E-state index in [9.17, 15) is 4.79 Å². The first kappa shape index (κ1) is 10.4. The lowest BCUT2D eigenvalue weighted by Gasteiger charge is -2.09. The molecule has 0 saturated heterocycles. The van der Waals surface area contributed by atoms with Crippen LogP contribution in [0.4, 0.5) is 5.69 Å². The van der Waals surface area contributed by atoms with Gasteiger partial charge in [-0.05, 0) is 12.1 Å². The van der Waals surface area contributed by atoms with E-state index in [1.807, 2.05) is 18.2 Å². The second-order valence-electron chi connectivity index (χ2n) is 2.61. The average molecular weight is 195 g/mol. The third-order valence-electron chi connectivity index (χ3n) is 1.73. The lowest BCUT2D eigenvalue weighted by Crippen LogP contribution is -2.13. The number of ether oxygens (including phenoxy) is 2. The highest BCUT2D eigenvalue weighted by molar-refractivity contribution is 5.71. The van der Waals surface area contributed by atoms with Gasteiger partial charge in [0.1, 0.15) is 5.75 Å². The molecule has 4 heteroatoms. The summed E-state index contributed by atoms with van der Waals surface area (Å²) in [5.41, 5.74) is 0.844. The lowest BCUT2D eigenvalue weighted by atomic mass is 10.3. The zero-order valence-electron chi connectivity index (χ0n) is 8.24. The Morgan fingerprint density at radius 1 is 1.43 bits per heavy atom. The van der Waals surface area contributed by atoms with E-state index < -0.39 is 5.97 Å². The minimum atomic E-state index is -0.393. The number of esters is 1. The summed E-state index contributed by atoms with van der Waals surface area (Å²) in [4.78, 5) is 10.8. The van der Waals surface area contributed by atoms with Gasteiger partial charge in [0.05, 0.1) is 12.8 Å². The number of para-hydroxylation sites is 2. The van der Waals surface area contributed by atoms with Gasteiger partial charge in [-0.15, -0.1) is 0 Å². The van der Waals surface area contributed by atoms with Gasteiger partial charge in [0.15, 0.2) is 6.61 Å². The van der Waals surface area contributed by atoms with Crippen molar-refractivity contribution in [3.63, 3.8) is 0 Å². The van der Waals surface area contributed by atoms with Gasteiger partial charge in [-0.25, -0.2) is 4.79 Å². The standard InChI is InChI=1S/C10H13NO3/c1-11-8-5-3-4-6-9(8)14-7-10(12)13-2/h3-6,11H,7H2,1-2H3. The summed E-state index contributed by atoms with van der Waals surface area (Å²) >= 11 is 0. The molecule has 0 fully saturated rings. The predicted molar refractivity (Wildman–Crippen MR) is 53.5 cm³/mol. The summed E-state index contributed by atoms with van der Waals surface area (Å²) in [7, 11) is 3.12. The molecule has 0 spiro atoms. The average Bonchev–Trinajstić information content (AvgIpc) is 2.26. The van der Waals surface area contributed by atoms with Gasteiger partial charge in [-0.3, -0.25) is 0 Å². The summed E-state index contributed by atoms with van der Waals surface area (Å²) in [6.45, 7) is -0.0742. The van der Waals surface area contributed by atoms with Crippen LogP contribution in [0, 0.1) is 0 Å². The molecule has 1 rings (SSSR count). The SMILES string of the molecule is CNc1ccccc1OCC(=O)OC. The van der Waals surface area contributed by atoms with Crippen LogP contribution in [0.2, 0.25) is 0 Å². The summed E-state index contributed by atoms with van der Waals surface area (Å²) in [6.07, 6.45) is 0. The second-order valence-corrected chi connectivity index (χ2v) is 2.61. The van der Waals surface area contributed by atoms with Gasteiger partial charge in [0, 0.05) is 7.05 Å². The first-order valence-corrected chi connectivity index (χ1v) is 4.24. The van der Waals surface area contributed by atoms with E-state index in [4.69, 9.17) is 4.74 Å². The molecule has 1 aromatic rings. The monoisotopic (exact) mass is 195 g/mol. The first-order chi connectivity index (χ1) is 6.77. The number of anilines is 1. The topological polar surface area (TPSA) is 47.6 Å². The minimum Gasteiger partial charge on any atom is -0.480 e. The molecule has 0 unspecified atom stereocenters. The number of methoxy groups -OCH3 is 1. The van der Waals surface area contributed by atoms with Crippen LogP contribution in [0.1, 0.15) is 0 Å². The van der Waals surface area contributed by atoms with Gasteiger partial charge < -0.3 is 14.8 Å². The number of hydrogen-bond acceptors (Lipinski definition) is 4. The minimum absolute atomic E-state index is 0.0742. The third kappa shape index (κ3) is 2.65. The fourth-order valence-electron chi connectivity index (χ4n) is 0.995. The van der Waals surface area contributed by atoms with Crippen molar-refractivity contribution in [2.75, 3.05) is 26.1 Å². The molecule has 4 nitrogen and oxygen atoms in total. The lowest BCUT2D eigenvalue weighted by molar-refractivity contribution is -0.142. The van der Waals surface area contributed by atoms with Crippen molar-refractivity contribution < 1.29 is 14.3 Å². The van der Waals surface area contributed by atoms with Crippen LogP contribution in [0.5, 0.6) is 5.75 Å². The molecule has 1 N–H and O–H groups in total. The zero-order chi connectivity index (χ0) is 10.4.